The first-order valence-corrected chi connectivity index (χ1v) is 13.2. The smallest absolute Gasteiger partial charge is 0.259 e. The molecule has 0 saturated heterocycles. The third-order valence-electron chi connectivity index (χ3n) is 7.89. The summed E-state index contributed by atoms with van der Waals surface area (Å²) in [4.78, 5) is 23.4. The van der Waals surface area contributed by atoms with Gasteiger partial charge in [0, 0.05) is 23.0 Å². The van der Waals surface area contributed by atoms with Gasteiger partial charge < -0.3 is 0 Å². The monoisotopic (exact) mass is 510 g/mol. The van der Waals surface area contributed by atoms with Crippen molar-refractivity contribution in [1.82, 2.24) is 14.5 Å². The summed E-state index contributed by atoms with van der Waals surface area (Å²) in [5, 5.41) is 1.14. The van der Waals surface area contributed by atoms with E-state index >= 15 is 0 Å². The third kappa shape index (κ3) is 4.74. The molecule has 5 rings (SSSR count). The molecule has 0 amide bonds. The van der Waals surface area contributed by atoms with Gasteiger partial charge >= 0.3 is 0 Å². The first kappa shape index (κ1) is 24.4. The molecular formula is C28H32Cl2N4O. The standard InChI is InChI=1S/C28H32Cl2N4O/c1-18-8-7-11-25(19(18)2)32-16-33(26-13-12-22(29)15-24(26)30)28-31-20(3)23(27(35)34(28)17-32)14-21-9-5-4-6-10-21/h4-6,9-10,12-13,15,18-19,25H,7-8,11,14,16-17H2,1-3H3. The van der Waals surface area contributed by atoms with Crippen LogP contribution in [0.5, 0.6) is 0 Å². The van der Waals surface area contributed by atoms with Crippen LogP contribution in [0.1, 0.15) is 49.9 Å². The van der Waals surface area contributed by atoms with E-state index in [1.165, 1.54) is 12.8 Å². The molecule has 1 aliphatic heterocycles. The van der Waals surface area contributed by atoms with Crippen molar-refractivity contribution in [2.45, 2.75) is 59.2 Å². The van der Waals surface area contributed by atoms with Crippen LogP contribution in [-0.2, 0) is 13.1 Å². The Labute approximate surface area is 217 Å². The van der Waals surface area contributed by atoms with Crippen LogP contribution in [0.4, 0.5) is 11.6 Å². The van der Waals surface area contributed by atoms with Gasteiger partial charge in [-0.25, -0.2) is 4.98 Å². The van der Waals surface area contributed by atoms with Crippen molar-refractivity contribution in [3.63, 3.8) is 0 Å². The minimum atomic E-state index is 0.0210. The van der Waals surface area contributed by atoms with Crippen molar-refractivity contribution in [1.29, 1.82) is 0 Å². The molecule has 3 unspecified atom stereocenters. The van der Waals surface area contributed by atoms with Crippen LogP contribution in [-0.4, -0.2) is 27.2 Å². The minimum Gasteiger partial charge on any atom is -0.297 e. The van der Waals surface area contributed by atoms with Gasteiger partial charge in [-0.15, -0.1) is 0 Å². The maximum absolute atomic E-state index is 13.9. The molecule has 1 saturated carbocycles. The Balaban J connectivity index is 1.62. The topological polar surface area (TPSA) is 41.4 Å². The number of rotatable bonds is 4. The number of halogens is 2. The number of hydrogen-bond acceptors (Lipinski definition) is 4. The molecule has 1 fully saturated rings. The number of fused-ring (bicyclic) bond motifs is 1. The van der Waals surface area contributed by atoms with Crippen LogP contribution >= 0.6 is 23.2 Å². The molecule has 0 radical (unpaired) electrons. The van der Waals surface area contributed by atoms with E-state index in [-0.39, 0.29) is 5.56 Å². The molecule has 2 aromatic carbocycles. The van der Waals surface area contributed by atoms with Crippen molar-refractivity contribution in [3.05, 3.63) is 85.8 Å². The molecule has 184 valence electrons. The first-order valence-electron chi connectivity index (χ1n) is 12.4. The summed E-state index contributed by atoms with van der Waals surface area (Å²) >= 11 is 12.9. The van der Waals surface area contributed by atoms with Gasteiger partial charge in [-0.3, -0.25) is 19.2 Å². The third-order valence-corrected chi connectivity index (χ3v) is 8.43. The van der Waals surface area contributed by atoms with Gasteiger partial charge in [0.15, 0.2) is 0 Å². The fraction of sp³-hybridized carbons (Fsp3) is 0.429. The van der Waals surface area contributed by atoms with Crippen LogP contribution in [0.15, 0.2) is 53.3 Å². The number of nitrogens with zero attached hydrogens (tertiary/aromatic N) is 4. The number of hydrogen-bond donors (Lipinski definition) is 0. The quantitative estimate of drug-likeness (QED) is 0.394. The fourth-order valence-corrected chi connectivity index (χ4v) is 6.17. The Bertz CT molecular complexity index is 1280. The number of anilines is 2. The molecule has 0 spiro atoms. The lowest BCUT2D eigenvalue weighted by molar-refractivity contribution is 0.0491. The molecule has 1 aliphatic carbocycles. The molecule has 35 heavy (non-hydrogen) atoms. The van der Waals surface area contributed by atoms with Gasteiger partial charge in [-0.05, 0) is 48.9 Å². The van der Waals surface area contributed by atoms with E-state index in [1.54, 1.807) is 6.07 Å². The van der Waals surface area contributed by atoms with Crippen molar-refractivity contribution < 1.29 is 0 Å². The molecule has 1 aromatic heterocycles. The molecule has 0 N–H and O–H groups in total. The minimum absolute atomic E-state index is 0.0210. The largest absolute Gasteiger partial charge is 0.297 e. The van der Waals surface area contributed by atoms with Gasteiger partial charge in [-0.1, -0.05) is 80.2 Å². The second-order valence-electron chi connectivity index (χ2n) is 10.1. The highest BCUT2D eigenvalue weighted by atomic mass is 35.5. The maximum atomic E-state index is 13.9. The van der Waals surface area contributed by atoms with E-state index in [1.807, 2.05) is 41.8 Å². The summed E-state index contributed by atoms with van der Waals surface area (Å²) in [7, 11) is 0. The normalized spacial score (nSPS) is 22.8. The van der Waals surface area contributed by atoms with Crippen LogP contribution < -0.4 is 10.5 Å². The maximum Gasteiger partial charge on any atom is 0.259 e. The van der Waals surface area contributed by atoms with E-state index in [4.69, 9.17) is 28.2 Å². The Morgan fingerprint density at radius 1 is 1.03 bits per heavy atom. The molecule has 3 aromatic rings. The van der Waals surface area contributed by atoms with Crippen molar-refractivity contribution in [2.75, 3.05) is 11.6 Å². The summed E-state index contributed by atoms with van der Waals surface area (Å²) in [6.07, 6.45) is 4.17. The van der Waals surface area contributed by atoms with Crippen molar-refractivity contribution in [2.24, 2.45) is 11.8 Å². The zero-order valence-corrected chi connectivity index (χ0v) is 22.1. The van der Waals surface area contributed by atoms with Gasteiger partial charge in [0.25, 0.3) is 5.56 Å². The van der Waals surface area contributed by atoms with Crippen LogP contribution in [0.2, 0.25) is 10.0 Å². The molecular weight excluding hydrogens is 479 g/mol. The van der Waals surface area contributed by atoms with E-state index in [0.29, 0.717) is 53.6 Å². The second-order valence-corrected chi connectivity index (χ2v) is 10.9. The van der Waals surface area contributed by atoms with Crippen molar-refractivity contribution in [3.8, 4) is 0 Å². The molecule has 3 atom stereocenters. The lowest BCUT2D eigenvalue weighted by atomic mass is 9.77. The van der Waals surface area contributed by atoms with Gasteiger partial charge in [0.05, 0.1) is 29.7 Å². The van der Waals surface area contributed by atoms with E-state index < -0.39 is 0 Å². The Morgan fingerprint density at radius 2 is 1.80 bits per heavy atom. The van der Waals surface area contributed by atoms with Crippen molar-refractivity contribution >= 4 is 34.8 Å². The Hall–Kier alpha value is -2.34. The first-order chi connectivity index (χ1) is 16.8. The van der Waals surface area contributed by atoms with E-state index in [0.717, 1.165) is 28.9 Å². The Morgan fingerprint density at radius 3 is 2.54 bits per heavy atom. The van der Waals surface area contributed by atoms with Crippen LogP contribution in [0, 0.1) is 18.8 Å². The predicted octanol–water partition coefficient (Wildman–Crippen LogP) is 6.64. The lowest BCUT2D eigenvalue weighted by Crippen LogP contribution is -2.54. The van der Waals surface area contributed by atoms with Gasteiger partial charge in [0.1, 0.15) is 0 Å². The fourth-order valence-electron chi connectivity index (χ4n) is 5.66. The van der Waals surface area contributed by atoms with Gasteiger partial charge in [0.2, 0.25) is 5.95 Å². The zero-order chi connectivity index (χ0) is 24.7. The number of benzene rings is 2. The van der Waals surface area contributed by atoms with Gasteiger partial charge in [-0.2, -0.15) is 0 Å². The average Bonchev–Trinajstić information content (AvgIpc) is 2.84. The van der Waals surface area contributed by atoms with E-state index in [2.05, 4.69) is 35.8 Å². The molecule has 7 heteroatoms. The Kier molecular flexibility index (Phi) is 6.93. The molecule has 5 nitrogen and oxygen atoms in total. The molecule has 0 bridgehead atoms. The summed E-state index contributed by atoms with van der Waals surface area (Å²) < 4.78 is 1.84. The second kappa shape index (κ2) is 9.96. The summed E-state index contributed by atoms with van der Waals surface area (Å²) in [5.41, 5.74) is 3.44. The summed E-state index contributed by atoms with van der Waals surface area (Å²) in [5.74, 6) is 1.84. The predicted molar refractivity (Wildman–Crippen MR) is 144 cm³/mol. The van der Waals surface area contributed by atoms with E-state index in [9.17, 15) is 4.79 Å². The highest BCUT2D eigenvalue weighted by molar-refractivity contribution is 6.36. The lowest BCUT2D eigenvalue weighted by Gasteiger charge is -2.46. The van der Waals surface area contributed by atoms with Crippen LogP contribution in [0.25, 0.3) is 0 Å². The average molecular weight is 511 g/mol. The highest BCUT2D eigenvalue weighted by Gasteiger charge is 2.37. The highest BCUT2D eigenvalue weighted by Crippen LogP contribution is 2.39. The zero-order valence-electron chi connectivity index (χ0n) is 20.5. The number of aryl methyl sites for hydroxylation is 1. The number of aromatic nitrogens is 2. The summed E-state index contributed by atoms with van der Waals surface area (Å²) in [6.45, 7) is 7.79. The SMILES string of the molecule is Cc1nc2n(c(=O)c1Cc1ccccc1)CN(C1CCCC(C)C1C)CN2c1ccc(Cl)cc1Cl. The molecule has 2 aliphatic rings. The van der Waals surface area contributed by atoms with Crippen LogP contribution in [0.3, 0.4) is 0 Å². The summed E-state index contributed by atoms with van der Waals surface area (Å²) in [6, 6.07) is 16.0. The molecule has 2 heterocycles.